The van der Waals surface area contributed by atoms with Gasteiger partial charge in [0, 0.05) is 31.7 Å². The van der Waals surface area contributed by atoms with E-state index in [-0.39, 0.29) is 5.91 Å². The number of anilines is 1. The summed E-state index contributed by atoms with van der Waals surface area (Å²) in [4.78, 5) is 25.4. The van der Waals surface area contributed by atoms with Gasteiger partial charge in [-0.3, -0.25) is 9.69 Å². The van der Waals surface area contributed by atoms with Gasteiger partial charge in [0.05, 0.1) is 6.54 Å². The zero-order valence-corrected chi connectivity index (χ0v) is 16.7. The minimum Gasteiger partial charge on any atom is -0.486 e. The van der Waals surface area contributed by atoms with Crippen molar-refractivity contribution in [3.8, 4) is 11.5 Å². The number of ether oxygens (including phenoxy) is 2. The molecule has 0 radical (unpaired) electrons. The average Bonchev–Trinajstić information content (AvgIpc) is 3.22. The number of carbonyl (C=O) groups is 1. The van der Waals surface area contributed by atoms with Crippen molar-refractivity contribution in [3.05, 3.63) is 41.9 Å². The molecule has 0 spiro atoms. The molecule has 4 rings (SSSR count). The molecule has 154 valence electrons. The average molecular weight is 397 g/mol. The van der Waals surface area contributed by atoms with Gasteiger partial charge >= 0.3 is 0 Å². The highest BCUT2D eigenvalue weighted by Crippen LogP contribution is 2.31. The summed E-state index contributed by atoms with van der Waals surface area (Å²) in [7, 11) is 2.04. The Labute approximate surface area is 170 Å². The summed E-state index contributed by atoms with van der Waals surface area (Å²) < 4.78 is 11.2. The van der Waals surface area contributed by atoms with Crippen LogP contribution < -0.4 is 15.2 Å². The number of carbonyl (C=O) groups excluding carboxylic acids is 1. The summed E-state index contributed by atoms with van der Waals surface area (Å²) >= 11 is 0. The lowest BCUT2D eigenvalue weighted by molar-refractivity contribution is -0.130. The largest absolute Gasteiger partial charge is 0.486 e. The molecule has 2 aromatic rings. The van der Waals surface area contributed by atoms with Crippen molar-refractivity contribution in [2.75, 3.05) is 39.1 Å². The molecule has 2 aliphatic heterocycles. The summed E-state index contributed by atoms with van der Waals surface area (Å²) in [5.41, 5.74) is 6.82. The van der Waals surface area contributed by atoms with E-state index in [1.807, 2.05) is 30.1 Å². The number of hydrogen-bond acceptors (Lipinski definition) is 7. The van der Waals surface area contributed by atoms with Crippen molar-refractivity contribution in [2.45, 2.75) is 31.8 Å². The van der Waals surface area contributed by atoms with Gasteiger partial charge in [0.1, 0.15) is 24.9 Å². The van der Waals surface area contributed by atoms with Crippen LogP contribution in [0.4, 0.5) is 5.82 Å². The Balaban J connectivity index is 1.27. The lowest BCUT2D eigenvalue weighted by Crippen LogP contribution is -2.36. The lowest BCUT2D eigenvalue weighted by Gasteiger charge is -2.24. The van der Waals surface area contributed by atoms with Crippen LogP contribution in [0.1, 0.15) is 24.2 Å². The van der Waals surface area contributed by atoms with Gasteiger partial charge in [-0.25, -0.2) is 9.97 Å². The maximum Gasteiger partial charge on any atom is 0.222 e. The predicted molar refractivity (Wildman–Crippen MR) is 109 cm³/mol. The second-order valence-corrected chi connectivity index (χ2v) is 7.57. The van der Waals surface area contributed by atoms with E-state index in [4.69, 9.17) is 15.2 Å². The molecule has 8 heteroatoms. The molecule has 2 aliphatic rings. The predicted octanol–water partition coefficient (Wildman–Crippen LogP) is 1.50. The fourth-order valence-electron chi connectivity index (χ4n) is 3.82. The Morgan fingerprint density at radius 2 is 2.10 bits per heavy atom. The Kier molecular flexibility index (Phi) is 5.80. The first kappa shape index (κ1) is 19.4. The highest BCUT2D eigenvalue weighted by atomic mass is 16.6. The zero-order chi connectivity index (χ0) is 20.2. The Bertz CT molecular complexity index is 875. The number of likely N-dealkylation sites (N-methyl/N-ethyl adjacent to an activating group) is 1. The topological polar surface area (TPSA) is 93.8 Å². The fourth-order valence-corrected chi connectivity index (χ4v) is 3.82. The standard InChI is InChI=1S/C21H27N5O3/c1-25(14-20-23-8-6-19(22)24-20)16-7-9-26(13-16)21(27)5-3-15-2-4-17-18(12-15)29-11-10-28-17/h2,4,6,8,12,16H,3,5,7,9-11,13-14H2,1H3,(H2,22,23,24)/t16-/m1/s1. The molecule has 1 aromatic heterocycles. The van der Waals surface area contributed by atoms with Gasteiger partial charge < -0.3 is 20.1 Å². The van der Waals surface area contributed by atoms with E-state index in [1.165, 1.54) is 0 Å². The van der Waals surface area contributed by atoms with Gasteiger partial charge in [-0.05, 0) is 43.7 Å². The van der Waals surface area contributed by atoms with E-state index in [0.717, 1.165) is 36.6 Å². The molecule has 29 heavy (non-hydrogen) atoms. The molecule has 0 aliphatic carbocycles. The van der Waals surface area contributed by atoms with Crippen molar-refractivity contribution in [2.24, 2.45) is 0 Å². The Morgan fingerprint density at radius 1 is 1.28 bits per heavy atom. The van der Waals surface area contributed by atoms with Crippen LogP contribution in [0.5, 0.6) is 11.5 Å². The maximum atomic E-state index is 12.7. The van der Waals surface area contributed by atoms with Crippen molar-refractivity contribution in [1.29, 1.82) is 0 Å². The molecule has 0 bridgehead atoms. The van der Waals surface area contributed by atoms with Gasteiger partial charge in [-0.2, -0.15) is 0 Å². The number of nitrogens with two attached hydrogens (primary N) is 1. The SMILES string of the molecule is CN(Cc1nccc(N)n1)[C@@H]1CCN(C(=O)CCc2ccc3c(c2)OCCO3)C1. The normalized spacial score (nSPS) is 18.3. The number of aryl methyl sites for hydroxylation is 1. The summed E-state index contributed by atoms with van der Waals surface area (Å²) in [6.07, 6.45) is 3.82. The van der Waals surface area contributed by atoms with Crippen LogP contribution in [0.3, 0.4) is 0 Å². The maximum absolute atomic E-state index is 12.7. The smallest absolute Gasteiger partial charge is 0.222 e. The van der Waals surface area contributed by atoms with E-state index in [0.29, 0.717) is 50.3 Å². The first-order valence-electron chi connectivity index (χ1n) is 10.0. The number of nitrogens with zero attached hydrogens (tertiary/aromatic N) is 4. The van der Waals surface area contributed by atoms with Crippen molar-refractivity contribution in [1.82, 2.24) is 19.8 Å². The third-order valence-electron chi connectivity index (χ3n) is 5.49. The highest BCUT2D eigenvalue weighted by molar-refractivity contribution is 5.76. The number of likely N-dealkylation sites (tertiary alicyclic amines) is 1. The number of rotatable bonds is 6. The zero-order valence-electron chi connectivity index (χ0n) is 16.7. The van der Waals surface area contributed by atoms with Crippen LogP contribution in [0.2, 0.25) is 0 Å². The van der Waals surface area contributed by atoms with Crippen molar-refractivity contribution < 1.29 is 14.3 Å². The molecule has 3 heterocycles. The second-order valence-electron chi connectivity index (χ2n) is 7.57. The third kappa shape index (κ3) is 4.76. The summed E-state index contributed by atoms with van der Waals surface area (Å²) in [6, 6.07) is 7.90. The molecule has 0 saturated carbocycles. The summed E-state index contributed by atoms with van der Waals surface area (Å²) in [5.74, 6) is 2.92. The van der Waals surface area contributed by atoms with Gasteiger partial charge in [0.15, 0.2) is 11.5 Å². The molecule has 0 unspecified atom stereocenters. The Morgan fingerprint density at radius 3 is 2.93 bits per heavy atom. The lowest BCUT2D eigenvalue weighted by atomic mass is 10.1. The van der Waals surface area contributed by atoms with E-state index in [9.17, 15) is 4.79 Å². The first-order chi connectivity index (χ1) is 14.1. The van der Waals surface area contributed by atoms with Crippen LogP contribution in [0.15, 0.2) is 30.5 Å². The molecular weight excluding hydrogens is 370 g/mol. The number of aromatic nitrogens is 2. The summed E-state index contributed by atoms with van der Waals surface area (Å²) in [6.45, 7) is 3.29. The number of nitrogen functional groups attached to an aromatic ring is 1. The van der Waals surface area contributed by atoms with Crippen LogP contribution >= 0.6 is 0 Å². The van der Waals surface area contributed by atoms with Gasteiger partial charge in [-0.1, -0.05) is 6.07 Å². The van der Waals surface area contributed by atoms with E-state index >= 15 is 0 Å². The molecular formula is C21H27N5O3. The van der Waals surface area contributed by atoms with E-state index in [1.54, 1.807) is 12.3 Å². The second kappa shape index (κ2) is 8.65. The van der Waals surface area contributed by atoms with Crippen LogP contribution in [0, 0.1) is 0 Å². The number of fused-ring (bicyclic) bond motifs is 1. The van der Waals surface area contributed by atoms with E-state index in [2.05, 4.69) is 14.9 Å². The van der Waals surface area contributed by atoms with Crippen LogP contribution in [-0.2, 0) is 17.8 Å². The monoisotopic (exact) mass is 397 g/mol. The minimum atomic E-state index is 0.191. The molecule has 1 saturated heterocycles. The van der Waals surface area contributed by atoms with E-state index < -0.39 is 0 Å². The molecule has 1 aromatic carbocycles. The first-order valence-corrected chi connectivity index (χ1v) is 10.0. The number of benzene rings is 1. The molecule has 1 fully saturated rings. The molecule has 8 nitrogen and oxygen atoms in total. The quantitative estimate of drug-likeness (QED) is 0.789. The highest BCUT2D eigenvalue weighted by Gasteiger charge is 2.29. The van der Waals surface area contributed by atoms with Crippen LogP contribution in [0.25, 0.3) is 0 Å². The third-order valence-corrected chi connectivity index (χ3v) is 5.49. The minimum absolute atomic E-state index is 0.191. The molecule has 1 atom stereocenters. The number of hydrogen-bond donors (Lipinski definition) is 1. The van der Waals surface area contributed by atoms with Gasteiger partial charge in [0.25, 0.3) is 0 Å². The molecule has 1 amide bonds. The van der Waals surface area contributed by atoms with Gasteiger partial charge in [-0.15, -0.1) is 0 Å². The van der Waals surface area contributed by atoms with Crippen molar-refractivity contribution >= 4 is 11.7 Å². The van der Waals surface area contributed by atoms with Gasteiger partial charge in [0.2, 0.25) is 5.91 Å². The van der Waals surface area contributed by atoms with Crippen LogP contribution in [-0.4, -0.2) is 65.1 Å². The fraction of sp³-hybridized carbons (Fsp3) is 0.476. The van der Waals surface area contributed by atoms with Crippen molar-refractivity contribution in [3.63, 3.8) is 0 Å². The number of amides is 1. The molecule has 2 N–H and O–H groups in total. The summed E-state index contributed by atoms with van der Waals surface area (Å²) in [5, 5.41) is 0. The Hall–Kier alpha value is -2.87.